The van der Waals surface area contributed by atoms with Crippen molar-refractivity contribution in [2.45, 2.75) is 64.0 Å². The summed E-state index contributed by atoms with van der Waals surface area (Å²) in [6.45, 7) is 6.62. The minimum atomic E-state index is 0.153. The summed E-state index contributed by atoms with van der Waals surface area (Å²) in [7, 11) is 0. The third-order valence-corrected chi connectivity index (χ3v) is 8.00. The molecular formula is C27H33NS. The van der Waals surface area contributed by atoms with Gasteiger partial charge in [-0.3, -0.25) is 0 Å². The van der Waals surface area contributed by atoms with Gasteiger partial charge in [0.15, 0.2) is 0 Å². The van der Waals surface area contributed by atoms with E-state index in [4.69, 9.17) is 12.2 Å². The summed E-state index contributed by atoms with van der Waals surface area (Å²) < 4.78 is 0. The lowest BCUT2D eigenvalue weighted by Crippen LogP contribution is -2.42. The van der Waals surface area contributed by atoms with Crippen molar-refractivity contribution in [2.75, 3.05) is 0 Å². The zero-order valence-corrected chi connectivity index (χ0v) is 18.4. The Balaban J connectivity index is 1.69. The Labute approximate surface area is 181 Å². The summed E-state index contributed by atoms with van der Waals surface area (Å²) in [5, 5.41) is 0. The number of hydrogen-bond acceptors (Lipinski definition) is 1. The van der Waals surface area contributed by atoms with Gasteiger partial charge in [-0.15, -0.1) is 6.58 Å². The lowest BCUT2D eigenvalue weighted by atomic mass is 9.66. The van der Waals surface area contributed by atoms with Gasteiger partial charge in [-0.2, -0.15) is 0 Å². The Morgan fingerprint density at radius 3 is 1.86 bits per heavy atom. The number of benzene rings is 2. The molecule has 1 saturated heterocycles. The van der Waals surface area contributed by atoms with E-state index in [1.165, 1.54) is 43.2 Å². The van der Waals surface area contributed by atoms with Crippen LogP contribution in [0, 0.1) is 11.3 Å². The van der Waals surface area contributed by atoms with E-state index in [9.17, 15) is 0 Å². The molecule has 1 nitrogen and oxygen atoms in total. The van der Waals surface area contributed by atoms with Crippen molar-refractivity contribution in [2.24, 2.45) is 11.3 Å². The van der Waals surface area contributed by atoms with Gasteiger partial charge in [0, 0.05) is 5.92 Å². The average Bonchev–Trinajstić information content (AvgIpc) is 3.25. The Bertz CT molecular complexity index is 775. The van der Waals surface area contributed by atoms with E-state index in [1.54, 1.807) is 0 Å². The Hall–Kier alpha value is -1.93. The van der Waals surface area contributed by atoms with Crippen LogP contribution in [0.5, 0.6) is 0 Å². The molecule has 152 valence electrons. The minimum Gasteiger partial charge on any atom is -0.352 e. The van der Waals surface area contributed by atoms with E-state index in [2.05, 4.69) is 85.1 Å². The Morgan fingerprint density at radius 1 is 0.931 bits per heavy atom. The van der Waals surface area contributed by atoms with E-state index in [0.29, 0.717) is 18.0 Å². The SMILES string of the molecule is C=CC1([C@H](C)C(=S)N2[C@@H](c3ccccc3)CC[C@@H]2c2ccccc2)CCCCC1. The van der Waals surface area contributed by atoms with Crippen LogP contribution in [0.3, 0.4) is 0 Å². The maximum atomic E-state index is 6.29. The van der Waals surface area contributed by atoms with Crippen molar-refractivity contribution in [1.82, 2.24) is 4.90 Å². The smallest absolute Gasteiger partial charge is 0.0826 e. The summed E-state index contributed by atoms with van der Waals surface area (Å²) >= 11 is 6.29. The maximum Gasteiger partial charge on any atom is 0.0826 e. The van der Waals surface area contributed by atoms with Crippen molar-refractivity contribution >= 4 is 17.2 Å². The molecule has 0 spiro atoms. The molecule has 29 heavy (non-hydrogen) atoms. The molecule has 0 radical (unpaired) electrons. The molecule has 2 aromatic carbocycles. The molecule has 0 amide bonds. The first-order valence-corrected chi connectivity index (χ1v) is 11.6. The molecule has 1 saturated carbocycles. The first-order chi connectivity index (χ1) is 14.2. The minimum absolute atomic E-state index is 0.153. The standard InChI is InChI=1S/C27H33NS/c1-3-27(19-11-6-12-20-27)21(2)26(29)28-24(22-13-7-4-8-14-22)17-18-25(28)23-15-9-5-10-16-23/h3-5,7-10,13-16,21,24-25H,1,6,11-12,17-20H2,2H3/t21-,24-,25-/m1/s1. The van der Waals surface area contributed by atoms with E-state index in [-0.39, 0.29) is 5.41 Å². The van der Waals surface area contributed by atoms with Gasteiger partial charge in [0.25, 0.3) is 0 Å². The van der Waals surface area contributed by atoms with E-state index in [1.807, 2.05) is 0 Å². The van der Waals surface area contributed by atoms with Gasteiger partial charge >= 0.3 is 0 Å². The molecule has 2 heteroatoms. The second kappa shape index (κ2) is 8.83. The largest absolute Gasteiger partial charge is 0.352 e. The van der Waals surface area contributed by atoms with Crippen LogP contribution in [0.2, 0.25) is 0 Å². The molecule has 1 heterocycles. The summed E-state index contributed by atoms with van der Waals surface area (Å²) in [4.78, 5) is 3.72. The molecule has 3 atom stereocenters. The van der Waals surface area contributed by atoms with Crippen LogP contribution in [0.15, 0.2) is 73.3 Å². The zero-order chi connectivity index (χ0) is 20.3. The van der Waals surface area contributed by atoms with Crippen molar-refractivity contribution in [3.63, 3.8) is 0 Å². The second-order valence-electron chi connectivity index (χ2n) is 8.90. The molecule has 2 aromatic rings. The molecule has 2 fully saturated rings. The van der Waals surface area contributed by atoms with Gasteiger partial charge in [0.05, 0.1) is 17.1 Å². The van der Waals surface area contributed by atoms with Gasteiger partial charge in [-0.1, -0.05) is 105 Å². The molecule has 4 rings (SSSR count). The third-order valence-electron chi connectivity index (χ3n) is 7.43. The van der Waals surface area contributed by atoms with E-state index < -0.39 is 0 Å². The number of hydrogen-bond donors (Lipinski definition) is 0. The quantitative estimate of drug-likeness (QED) is 0.372. The summed E-state index contributed by atoms with van der Waals surface area (Å²) in [6, 6.07) is 22.6. The molecule has 1 aliphatic heterocycles. The Morgan fingerprint density at radius 2 is 1.41 bits per heavy atom. The van der Waals surface area contributed by atoms with Gasteiger partial charge < -0.3 is 4.90 Å². The highest BCUT2D eigenvalue weighted by Crippen LogP contribution is 2.50. The molecule has 0 unspecified atom stereocenters. The summed E-state index contributed by atoms with van der Waals surface area (Å²) in [6.07, 6.45) is 10.9. The van der Waals surface area contributed by atoms with Crippen LogP contribution >= 0.6 is 12.2 Å². The lowest BCUT2D eigenvalue weighted by molar-refractivity contribution is 0.193. The fourth-order valence-corrected chi connectivity index (χ4v) is 6.11. The third kappa shape index (κ3) is 3.92. The summed E-state index contributed by atoms with van der Waals surface area (Å²) in [5.41, 5.74) is 2.92. The molecule has 0 N–H and O–H groups in total. The van der Waals surface area contributed by atoms with Crippen molar-refractivity contribution in [3.05, 3.63) is 84.4 Å². The number of thiocarbonyl (C=S) groups is 1. The molecular weight excluding hydrogens is 370 g/mol. The van der Waals surface area contributed by atoms with Gasteiger partial charge in [-0.05, 0) is 42.2 Å². The topological polar surface area (TPSA) is 3.24 Å². The van der Waals surface area contributed by atoms with E-state index >= 15 is 0 Å². The monoisotopic (exact) mass is 403 g/mol. The van der Waals surface area contributed by atoms with Crippen molar-refractivity contribution in [3.8, 4) is 0 Å². The zero-order valence-electron chi connectivity index (χ0n) is 17.6. The predicted molar refractivity (Wildman–Crippen MR) is 127 cm³/mol. The van der Waals surface area contributed by atoms with Crippen LogP contribution in [-0.4, -0.2) is 9.89 Å². The molecule has 1 aliphatic carbocycles. The normalized spacial score (nSPS) is 24.8. The second-order valence-corrected chi connectivity index (χ2v) is 9.31. The van der Waals surface area contributed by atoms with Crippen LogP contribution in [0.4, 0.5) is 0 Å². The van der Waals surface area contributed by atoms with E-state index in [0.717, 1.165) is 17.8 Å². The highest BCUT2D eigenvalue weighted by Gasteiger charge is 2.43. The van der Waals surface area contributed by atoms with Crippen LogP contribution in [0.25, 0.3) is 0 Å². The predicted octanol–water partition coefficient (Wildman–Crippen LogP) is 7.66. The number of allylic oxidation sites excluding steroid dienone is 1. The van der Waals surface area contributed by atoms with Gasteiger partial charge in [-0.25, -0.2) is 0 Å². The fourth-order valence-electron chi connectivity index (χ4n) is 5.62. The highest BCUT2D eigenvalue weighted by molar-refractivity contribution is 7.80. The van der Waals surface area contributed by atoms with Gasteiger partial charge in [0.2, 0.25) is 0 Å². The average molecular weight is 404 g/mol. The van der Waals surface area contributed by atoms with Crippen LogP contribution in [-0.2, 0) is 0 Å². The maximum absolute atomic E-state index is 6.29. The lowest BCUT2D eigenvalue weighted by Gasteiger charge is -2.44. The van der Waals surface area contributed by atoms with Crippen LogP contribution < -0.4 is 0 Å². The first kappa shape index (κ1) is 20.3. The van der Waals surface area contributed by atoms with Crippen molar-refractivity contribution in [1.29, 1.82) is 0 Å². The fraction of sp³-hybridized carbons (Fsp3) is 0.444. The number of nitrogens with zero attached hydrogens (tertiary/aromatic N) is 1. The highest BCUT2D eigenvalue weighted by atomic mass is 32.1. The molecule has 0 aromatic heterocycles. The Kier molecular flexibility index (Phi) is 6.20. The van der Waals surface area contributed by atoms with Crippen LogP contribution in [0.1, 0.15) is 75.1 Å². The molecule has 2 aliphatic rings. The molecule has 0 bridgehead atoms. The summed E-state index contributed by atoms with van der Waals surface area (Å²) in [5.74, 6) is 0.339. The first-order valence-electron chi connectivity index (χ1n) is 11.2. The van der Waals surface area contributed by atoms with Crippen molar-refractivity contribution < 1.29 is 0 Å². The number of likely N-dealkylation sites (tertiary alicyclic amines) is 1. The van der Waals surface area contributed by atoms with Gasteiger partial charge in [0.1, 0.15) is 0 Å². The number of rotatable bonds is 5.